The van der Waals surface area contributed by atoms with E-state index in [-0.39, 0.29) is 30.6 Å². The zero-order chi connectivity index (χ0) is 20.9. The minimum Gasteiger partial charge on any atom is -0.467 e. The second kappa shape index (κ2) is 8.43. The molecule has 0 bridgehead atoms. The Bertz CT molecular complexity index is 1150. The third-order valence-corrected chi connectivity index (χ3v) is 4.11. The van der Waals surface area contributed by atoms with Gasteiger partial charge in [-0.05, 0) is 36.4 Å². The Morgan fingerprint density at radius 3 is 2.77 bits per heavy atom. The Hall–Kier alpha value is -4.21. The van der Waals surface area contributed by atoms with Crippen LogP contribution < -0.4 is 10.6 Å². The number of furan rings is 1. The van der Waals surface area contributed by atoms with E-state index in [1.54, 1.807) is 12.1 Å². The largest absolute Gasteiger partial charge is 0.467 e. The molecule has 0 radical (unpaired) electrons. The normalized spacial score (nSPS) is 10.7. The van der Waals surface area contributed by atoms with Gasteiger partial charge in [0.15, 0.2) is 0 Å². The van der Waals surface area contributed by atoms with Crippen LogP contribution in [0.2, 0.25) is 0 Å². The molecule has 3 aromatic heterocycles. The SMILES string of the molecule is O=C(Cn1cc(NC(=O)c2cc(-c3ccc(F)cc3)no2)cn1)NCc1ccco1. The third-order valence-electron chi connectivity index (χ3n) is 4.11. The van der Waals surface area contributed by atoms with Gasteiger partial charge < -0.3 is 19.6 Å². The van der Waals surface area contributed by atoms with Crippen LogP contribution >= 0.6 is 0 Å². The molecule has 152 valence electrons. The summed E-state index contributed by atoms with van der Waals surface area (Å²) < 4.78 is 24.6. The summed E-state index contributed by atoms with van der Waals surface area (Å²) in [5.41, 5.74) is 1.41. The Balaban J connectivity index is 1.32. The highest BCUT2D eigenvalue weighted by atomic mass is 19.1. The van der Waals surface area contributed by atoms with Crippen molar-refractivity contribution in [2.24, 2.45) is 0 Å². The number of rotatable bonds is 7. The molecule has 0 aliphatic heterocycles. The number of carbonyl (C=O) groups is 2. The maximum absolute atomic E-state index is 13.0. The Morgan fingerprint density at radius 2 is 2.00 bits per heavy atom. The zero-order valence-corrected chi connectivity index (χ0v) is 15.5. The molecule has 1 aromatic carbocycles. The van der Waals surface area contributed by atoms with Crippen molar-refractivity contribution in [1.82, 2.24) is 20.3 Å². The molecule has 9 nitrogen and oxygen atoms in total. The van der Waals surface area contributed by atoms with Crippen molar-refractivity contribution >= 4 is 17.5 Å². The molecule has 3 heterocycles. The fourth-order valence-corrected chi connectivity index (χ4v) is 2.65. The van der Waals surface area contributed by atoms with Crippen LogP contribution in [0.5, 0.6) is 0 Å². The first-order chi connectivity index (χ1) is 14.6. The van der Waals surface area contributed by atoms with Gasteiger partial charge in [0.25, 0.3) is 5.91 Å². The van der Waals surface area contributed by atoms with E-state index >= 15 is 0 Å². The van der Waals surface area contributed by atoms with E-state index in [0.717, 1.165) is 0 Å². The molecule has 10 heteroatoms. The van der Waals surface area contributed by atoms with Crippen LogP contribution in [0.1, 0.15) is 16.3 Å². The average Bonchev–Trinajstić information content (AvgIpc) is 3.49. The lowest BCUT2D eigenvalue weighted by Crippen LogP contribution is -2.27. The van der Waals surface area contributed by atoms with E-state index in [1.807, 2.05) is 0 Å². The summed E-state index contributed by atoms with van der Waals surface area (Å²) in [6.45, 7) is 0.256. The van der Waals surface area contributed by atoms with Gasteiger partial charge in [0, 0.05) is 17.8 Å². The second-order valence-electron chi connectivity index (χ2n) is 6.32. The molecule has 0 saturated carbocycles. The van der Waals surface area contributed by atoms with E-state index in [1.165, 1.54) is 53.7 Å². The molecule has 0 fully saturated rings. The minimum absolute atomic E-state index is 0.0155. The maximum Gasteiger partial charge on any atom is 0.294 e. The number of benzene rings is 1. The summed E-state index contributed by atoms with van der Waals surface area (Å²) in [5, 5.41) is 13.2. The molecule has 0 atom stereocenters. The van der Waals surface area contributed by atoms with Crippen LogP contribution in [0, 0.1) is 5.82 Å². The first-order valence-corrected chi connectivity index (χ1v) is 8.92. The number of nitrogens with zero attached hydrogens (tertiary/aromatic N) is 3. The van der Waals surface area contributed by atoms with Crippen LogP contribution in [0.25, 0.3) is 11.3 Å². The summed E-state index contributed by atoms with van der Waals surface area (Å²) in [5.74, 6) is -0.529. The summed E-state index contributed by atoms with van der Waals surface area (Å²) >= 11 is 0. The van der Waals surface area contributed by atoms with Gasteiger partial charge in [-0.15, -0.1) is 0 Å². The highest BCUT2D eigenvalue weighted by Gasteiger charge is 2.15. The quantitative estimate of drug-likeness (QED) is 0.485. The number of hydrogen-bond acceptors (Lipinski definition) is 6. The molecule has 0 unspecified atom stereocenters. The summed E-state index contributed by atoms with van der Waals surface area (Å²) in [6, 6.07) is 10.6. The molecular weight excluding hydrogens is 393 g/mol. The number of aromatic nitrogens is 3. The summed E-state index contributed by atoms with van der Waals surface area (Å²) in [4.78, 5) is 24.3. The van der Waals surface area contributed by atoms with E-state index in [4.69, 9.17) is 8.94 Å². The van der Waals surface area contributed by atoms with Crippen molar-refractivity contribution in [2.45, 2.75) is 13.1 Å². The molecule has 0 aliphatic rings. The van der Waals surface area contributed by atoms with Gasteiger partial charge in [0.1, 0.15) is 23.8 Å². The fraction of sp³-hybridized carbons (Fsp3) is 0.100. The van der Waals surface area contributed by atoms with Gasteiger partial charge in [-0.3, -0.25) is 14.3 Å². The van der Waals surface area contributed by atoms with Crippen molar-refractivity contribution < 1.29 is 22.9 Å². The minimum atomic E-state index is -0.530. The van der Waals surface area contributed by atoms with Crippen molar-refractivity contribution in [3.05, 3.63) is 78.5 Å². The summed E-state index contributed by atoms with van der Waals surface area (Å²) in [7, 11) is 0. The Kier molecular flexibility index (Phi) is 5.37. The third kappa shape index (κ3) is 4.61. The van der Waals surface area contributed by atoms with Gasteiger partial charge >= 0.3 is 0 Å². The van der Waals surface area contributed by atoms with Crippen LogP contribution in [0.3, 0.4) is 0 Å². The van der Waals surface area contributed by atoms with Gasteiger partial charge in [-0.1, -0.05) is 5.16 Å². The molecule has 2 N–H and O–H groups in total. The second-order valence-corrected chi connectivity index (χ2v) is 6.32. The number of anilines is 1. The van der Waals surface area contributed by atoms with Crippen LogP contribution in [0.15, 0.2) is 70.1 Å². The number of nitrogens with one attached hydrogen (secondary N) is 2. The molecule has 2 amide bonds. The topological polar surface area (TPSA) is 115 Å². The van der Waals surface area contributed by atoms with E-state index in [9.17, 15) is 14.0 Å². The highest BCUT2D eigenvalue weighted by molar-refractivity contribution is 6.02. The standard InChI is InChI=1S/C20H16FN5O4/c21-14-5-3-13(4-6-14)17-8-18(30-25-17)20(28)24-15-9-23-26(11-15)12-19(27)22-10-16-2-1-7-29-16/h1-9,11H,10,12H2,(H,22,27)(H,24,28). The van der Waals surface area contributed by atoms with Crippen LogP contribution in [-0.4, -0.2) is 26.8 Å². The van der Waals surface area contributed by atoms with Crippen molar-refractivity contribution in [1.29, 1.82) is 0 Å². The lowest BCUT2D eigenvalue weighted by molar-refractivity contribution is -0.122. The number of hydrogen-bond donors (Lipinski definition) is 2. The number of halogens is 1. The number of amides is 2. The van der Waals surface area contributed by atoms with Gasteiger partial charge in [0.05, 0.1) is 24.7 Å². The summed E-state index contributed by atoms with van der Waals surface area (Å²) in [6.07, 6.45) is 4.46. The molecule has 30 heavy (non-hydrogen) atoms. The first-order valence-electron chi connectivity index (χ1n) is 8.92. The predicted octanol–water partition coefficient (Wildman–Crippen LogP) is 2.84. The number of carbonyl (C=O) groups excluding carboxylic acids is 2. The van der Waals surface area contributed by atoms with Crippen molar-refractivity contribution in [3.8, 4) is 11.3 Å². The Morgan fingerprint density at radius 1 is 1.17 bits per heavy atom. The van der Waals surface area contributed by atoms with Gasteiger partial charge in [-0.2, -0.15) is 5.10 Å². The molecular formula is C20H16FN5O4. The maximum atomic E-state index is 13.0. The lowest BCUT2D eigenvalue weighted by atomic mass is 10.1. The molecule has 4 rings (SSSR count). The smallest absolute Gasteiger partial charge is 0.294 e. The molecule has 0 aliphatic carbocycles. The highest BCUT2D eigenvalue weighted by Crippen LogP contribution is 2.20. The van der Waals surface area contributed by atoms with Crippen molar-refractivity contribution in [2.75, 3.05) is 5.32 Å². The van der Waals surface area contributed by atoms with Crippen LogP contribution in [-0.2, 0) is 17.9 Å². The van der Waals surface area contributed by atoms with Crippen molar-refractivity contribution in [3.63, 3.8) is 0 Å². The average molecular weight is 409 g/mol. The molecule has 0 saturated heterocycles. The van der Waals surface area contributed by atoms with E-state index in [2.05, 4.69) is 20.9 Å². The van der Waals surface area contributed by atoms with Gasteiger partial charge in [0.2, 0.25) is 11.7 Å². The Labute approximate surface area is 169 Å². The fourth-order valence-electron chi connectivity index (χ4n) is 2.65. The monoisotopic (exact) mass is 409 g/mol. The van der Waals surface area contributed by atoms with E-state index < -0.39 is 5.91 Å². The first kappa shape index (κ1) is 19.1. The molecule has 0 spiro atoms. The van der Waals surface area contributed by atoms with E-state index in [0.29, 0.717) is 22.7 Å². The lowest BCUT2D eigenvalue weighted by Gasteiger charge is -2.03. The van der Waals surface area contributed by atoms with Gasteiger partial charge in [-0.25, -0.2) is 4.39 Å². The zero-order valence-electron chi connectivity index (χ0n) is 15.5. The molecule has 4 aromatic rings. The predicted molar refractivity (Wildman–Crippen MR) is 103 cm³/mol. The van der Waals surface area contributed by atoms with Crippen LogP contribution in [0.4, 0.5) is 10.1 Å².